The zero-order valence-electron chi connectivity index (χ0n) is 15.9. The first-order chi connectivity index (χ1) is 13.1. The van der Waals surface area contributed by atoms with Crippen LogP contribution in [0, 0.1) is 0 Å². The van der Waals surface area contributed by atoms with E-state index in [2.05, 4.69) is 12.2 Å². The third kappa shape index (κ3) is 3.25. The average Bonchev–Trinajstić information content (AvgIpc) is 3.19. The SMILES string of the molecule is CCOc1cc2c(cc1CNC(=O)c1cn(C)c3ccccc13)OC(C)C2. The van der Waals surface area contributed by atoms with Gasteiger partial charge in [0.1, 0.15) is 17.6 Å². The number of carbonyl (C=O) groups is 1. The topological polar surface area (TPSA) is 52.5 Å². The van der Waals surface area contributed by atoms with E-state index in [4.69, 9.17) is 9.47 Å². The van der Waals surface area contributed by atoms with Gasteiger partial charge in [0.05, 0.1) is 12.2 Å². The van der Waals surface area contributed by atoms with Crippen LogP contribution in [0.2, 0.25) is 0 Å². The number of ether oxygens (including phenoxy) is 2. The Labute approximate surface area is 158 Å². The summed E-state index contributed by atoms with van der Waals surface area (Å²) in [5, 5.41) is 3.99. The summed E-state index contributed by atoms with van der Waals surface area (Å²) in [5.41, 5.74) is 3.81. The van der Waals surface area contributed by atoms with Crippen molar-refractivity contribution in [1.82, 2.24) is 9.88 Å². The van der Waals surface area contributed by atoms with Crippen molar-refractivity contribution in [3.63, 3.8) is 0 Å². The number of para-hydroxylation sites is 1. The number of rotatable bonds is 5. The second-order valence-corrected chi connectivity index (χ2v) is 6.99. The second kappa shape index (κ2) is 6.99. The predicted octanol–water partition coefficient (Wildman–Crippen LogP) is 3.83. The van der Waals surface area contributed by atoms with Gasteiger partial charge in [-0.25, -0.2) is 0 Å². The Kier molecular flexibility index (Phi) is 4.52. The normalized spacial score (nSPS) is 15.4. The predicted molar refractivity (Wildman–Crippen MR) is 105 cm³/mol. The third-order valence-corrected chi connectivity index (χ3v) is 4.96. The van der Waals surface area contributed by atoms with E-state index >= 15 is 0 Å². The van der Waals surface area contributed by atoms with Crippen LogP contribution in [-0.2, 0) is 20.0 Å². The highest BCUT2D eigenvalue weighted by Crippen LogP contribution is 2.35. The zero-order valence-corrected chi connectivity index (χ0v) is 15.9. The number of amides is 1. The number of carbonyl (C=O) groups excluding carboxylic acids is 1. The summed E-state index contributed by atoms with van der Waals surface area (Å²) in [4.78, 5) is 12.8. The van der Waals surface area contributed by atoms with Gasteiger partial charge in [0.25, 0.3) is 5.91 Å². The molecule has 1 amide bonds. The van der Waals surface area contributed by atoms with Gasteiger partial charge in [0.15, 0.2) is 0 Å². The van der Waals surface area contributed by atoms with Crippen LogP contribution in [0.1, 0.15) is 35.3 Å². The van der Waals surface area contributed by atoms with Crippen molar-refractivity contribution < 1.29 is 14.3 Å². The minimum absolute atomic E-state index is 0.0935. The van der Waals surface area contributed by atoms with Crippen LogP contribution < -0.4 is 14.8 Å². The largest absolute Gasteiger partial charge is 0.494 e. The van der Waals surface area contributed by atoms with Crippen LogP contribution in [0.4, 0.5) is 0 Å². The van der Waals surface area contributed by atoms with Gasteiger partial charge in [-0.2, -0.15) is 0 Å². The summed E-state index contributed by atoms with van der Waals surface area (Å²) in [6.07, 6.45) is 2.93. The lowest BCUT2D eigenvalue weighted by molar-refractivity contribution is 0.0952. The molecule has 0 saturated heterocycles. The molecule has 1 N–H and O–H groups in total. The number of nitrogens with one attached hydrogen (secondary N) is 1. The maximum atomic E-state index is 12.8. The van der Waals surface area contributed by atoms with E-state index in [0.717, 1.165) is 39.9 Å². The molecule has 2 aromatic carbocycles. The van der Waals surface area contributed by atoms with Crippen molar-refractivity contribution in [2.45, 2.75) is 32.9 Å². The van der Waals surface area contributed by atoms with E-state index in [9.17, 15) is 4.79 Å². The lowest BCUT2D eigenvalue weighted by Gasteiger charge is -2.13. The maximum absolute atomic E-state index is 12.8. The molecular weight excluding hydrogens is 340 g/mol. The quantitative estimate of drug-likeness (QED) is 0.749. The van der Waals surface area contributed by atoms with Gasteiger partial charge >= 0.3 is 0 Å². The minimum Gasteiger partial charge on any atom is -0.494 e. The van der Waals surface area contributed by atoms with Crippen LogP contribution in [0.3, 0.4) is 0 Å². The number of hydrogen-bond acceptors (Lipinski definition) is 3. The Balaban J connectivity index is 1.57. The molecule has 140 valence electrons. The molecule has 0 bridgehead atoms. The maximum Gasteiger partial charge on any atom is 0.253 e. The Morgan fingerprint density at radius 1 is 1.33 bits per heavy atom. The fourth-order valence-corrected chi connectivity index (χ4v) is 3.70. The van der Waals surface area contributed by atoms with E-state index in [1.165, 1.54) is 0 Å². The molecule has 0 fully saturated rings. The highest BCUT2D eigenvalue weighted by molar-refractivity contribution is 6.06. The fourth-order valence-electron chi connectivity index (χ4n) is 3.70. The first-order valence-corrected chi connectivity index (χ1v) is 9.34. The van der Waals surface area contributed by atoms with Crippen molar-refractivity contribution in [3.05, 3.63) is 59.3 Å². The van der Waals surface area contributed by atoms with E-state index < -0.39 is 0 Å². The standard InChI is InChI=1S/C22H24N2O3/c1-4-26-20-10-15-9-14(2)27-21(15)11-16(20)12-23-22(25)18-13-24(3)19-8-6-5-7-17(18)19/h5-8,10-11,13-14H,4,9,12H2,1-3H3,(H,23,25). The fraction of sp³-hybridized carbons (Fsp3) is 0.318. The van der Waals surface area contributed by atoms with Gasteiger partial charge in [-0.3, -0.25) is 4.79 Å². The number of hydrogen-bond donors (Lipinski definition) is 1. The molecule has 5 nitrogen and oxygen atoms in total. The Hall–Kier alpha value is -2.95. The Morgan fingerprint density at radius 2 is 2.15 bits per heavy atom. The highest BCUT2D eigenvalue weighted by Gasteiger charge is 2.22. The van der Waals surface area contributed by atoms with Crippen LogP contribution >= 0.6 is 0 Å². The summed E-state index contributed by atoms with van der Waals surface area (Å²) in [6, 6.07) is 11.9. The lowest BCUT2D eigenvalue weighted by atomic mass is 10.1. The lowest BCUT2D eigenvalue weighted by Crippen LogP contribution is -2.23. The first kappa shape index (κ1) is 17.5. The zero-order chi connectivity index (χ0) is 19.0. The molecule has 1 aliphatic heterocycles. The van der Waals surface area contributed by atoms with Gasteiger partial charge < -0.3 is 19.4 Å². The van der Waals surface area contributed by atoms with Crippen LogP contribution in [-0.4, -0.2) is 23.2 Å². The minimum atomic E-state index is -0.0935. The van der Waals surface area contributed by atoms with Crippen LogP contribution in [0.5, 0.6) is 11.5 Å². The monoisotopic (exact) mass is 364 g/mol. The van der Waals surface area contributed by atoms with Crippen molar-refractivity contribution in [1.29, 1.82) is 0 Å². The molecule has 0 spiro atoms. The number of nitrogens with zero attached hydrogens (tertiary/aromatic N) is 1. The van der Waals surface area contributed by atoms with E-state index in [1.807, 2.05) is 61.1 Å². The van der Waals surface area contributed by atoms with Gasteiger partial charge in [0.2, 0.25) is 0 Å². The van der Waals surface area contributed by atoms with E-state index in [1.54, 1.807) is 0 Å². The van der Waals surface area contributed by atoms with Crippen molar-refractivity contribution >= 4 is 16.8 Å². The van der Waals surface area contributed by atoms with Crippen molar-refractivity contribution in [3.8, 4) is 11.5 Å². The number of fused-ring (bicyclic) bond motifs is 2. The molecule has 1 atom stereocenters. The van der Waals surface area contributed by atoms with Crippen molar-refractivity contribution in [2.24, 2.45) is 7.05 Å². The molecule has 0 radical (unpaired) electrons. The Morgan fingerprint density at radius 3 is 2.96 bits per heavy atom. The van der Waals surface area contributed by atoms with Crippen LogP contribution in [0.15, 0.2) is 42.6 Å². The third-order valence-electron chi connectivity index (χ3n) is 4.96. The van der Waals surface area contributed by atoms with Gasteiger partial charge in [-0.15, -0.1) is 0 Å². The number of aromatic nitrogens is 1. The highest BCUT2D eigenvalue weighted by atomic mass is 16.5. The Bertz CT molecular complexity index is 1010. The summed E-state index contributed by atoms with van der Waals surface area (Å²) in [5.74, 6) is 1.61. The molecule has 1 aliphatic rings. The molecule has 27 heavy (non-hydrogen) atoms. The summed E-state index contributed by atoms with van der Waals surface area (Å²) < 4.78 is 13.6. The van der Waals surface area contributed by atoms with Gasteiger partial charge in [0, 0.05) is 48.2 Å². The number of aryl methyl sites for hydroxylation is 1. The number of benzene rings is 2. The summed E-state index contributed by atoms with van der Waals surface area (Å²) in [7, 11) is 1.95. The molecule has 1 unspecified atom stereocenters. The molecule has 0 aliphatic carbocycles. The first-order valence-electron chi connectivity index (χ1n) is 9.34. The summed E-state index contributed by atoms with van der Waals surface area (Å²) >= 11 is 0. The molecule has 1 aromatic heterocycles. The van der Waals surface area contributed by atoms with E-state index in [0.29, 0.717) is 18.7 Å². The molecule has 3 aromatic rings. The molecule has 0 saturated carbocycles. The van der Waals surface area contributed by atoms with Crippen molar-refractivity contribution in [2.75, 3.05) is 6.61 Å². The molecule has 4 rings (SSSR count). The summed E-state index contributed by atoms with van der Waals surface area (Å²) in [6.45, 7) is 5.00. The second-order valence-electron chi connectivity index (χ2n) is 6.99. The van der Waals surface area contributed by atoms with E-state index in [-0.39, 0.29) is 12.0 Å². The molecule has 5 heteroatoms. The van der Waals surface area contributed by atoms with Gasteiger partial charge in [-0.1, -0.05) is 18.2 Å². The average molecular weight is 364 g/mol. The smallest absolute Gasteiger partial charge is 0.253 e. The van der Waals surface area contributed by atoms with Crippen LogP contribution in [0.25, 0.3) is 10.9 Å². The molecule has 2 heterocycles. The van der Waals surface area contributed by atoms with Gasteiger partial charge in [-0.05, 0) is 32.0 Å². The molecular formula is C22H24N2O3.